The van der Waals surface area contributed by atoms with Crippen LogP contribution in [0.2, 0.25) is 0 Å². The standard InChI is InChI=1S/C20H26N2O/c1-14(2)22-19(11-10-18(13-21-3)20(22)23)17-9-8-15-6-4-5-7-16(15)12-17/h8-12,14,21H,4-7,13H2,1-3H3. The van der Waals surface area contributed by atoms with Crippen molar-refractivity contribution >= 4 is 0 Å². The van der Waals surface area contributed by atoms with E-state index in [0.717, 1.165) is 23.2 Å². The maximum Gasteiger partial charge on any atom is 0.255 e. The highest BCUT2D eigenvalue weighted by molar-refractivity contribution is 5.62. The van der Waals surface area contributed by atoms with Crippen LogP contribution >= 0.6 is 0 Å². The van der Waals surface area contributed by atoms with Crippen molar-refractivity contribution in [1.29, 1.82) is 0 Å². The fourth-order valence-electron chi connectivity index (χ4n) is 3.56. The molecule has 1 N–H and O–H groups in total. The Balaban J connectivity index is 2.12. The first-order chi connectivity index (χ1) is 11.1. The number of pyridine rings is 1. The van der Waals surface area contributed by atoms with Gasteiger partial charge in [-0.3, -0.25) is 4.79 Å². The molecular weight excluding hydrogens is 284 g/mol. The van der Waals surface area contributed by atoms with Gasteiger partial charge in [0.05, 0.1) is 5.69 Å². The van der Waals surface area contributed by atoms with E-state index in [1.165, 1.54) is 30.4 Å². The van der Waals surface area contributed by atoms with Gasteiger partial charge in [0.25, 0.3) is 5.56 Å². The Morgan fingerprint density at radius 3 is 2.52 bits per heavy atom. The zero-order chi connectivity index (χ0) is 16.4. The van der Waals surface area contributed by atoms with Crippen LogP contribution in [0.5, 0.6) is 0 Å². The minimum atomic E-state index is 0.115. The highest BCUT2D eigenvalue weighted by Gasteiger charge is 2.15. The third-order valence-electron chi connectivity index (χ3n) is 4.72. The second-order valence-corrected chi connectivity index (χ2v) is 6.73. The molecule has 0 radical (unpaired) electrons. The van der Waals surface area contributed by atoms with E-state index in [9.17, 15) is 4.79 Å². The van der Waals surface area contributed by atoms with E-state index in [2.05, 4.69) is 43.4 Å². The topological polar surface area (TPSA) is 34.0 Å². The summed E-state index contributed by atoms with van der Waals surface area (Å²) in [6, 6.07) is 10.9. The Morgan fingerprint density at radius 2 is 1.83 bits per heavy atom. The Hall–Kier alpha value is -1.87. The van der Waals surface area contributed by atoms with Gasteiger partial charge in [-0.05, 0) is 75.4 Å². The van der Waals surface area contributed by atoms with Crippen molar-refractivity contribution in [1.82, 2.24) is 9.88 Å². The predicted octanol–water partition coefficient (Wildman–Crippen LogP) is 3.69. The lowest BCUT2D eigenvalue weighted by Gasteiger charge is -2.21. The maximum atomic E-state index is 12.8. The quantitative estimate of drug-likeness (QED) is 0.934. The summed E-state index contributed by atoms with van der Waals surface area (Å²) in [5.41, 5.74) is 6.05. The first kappa shape index (κ1) is 16.0. The summed E-state index contributed by atoms with van der Waals surface area (Å²) < 4.78 is 1.93. The second kappa shape index (κ2) is 6.71. The van der Waals surface area contributed by atoms with E-state index in [1.807, 2.05) is 17.7 Å². The van der Waals surface area contributed by atoms with Crippen LogP contribution in [0, 0.1) is 0 Å². The summed E-state index contributed by atoms with van der Waals surface area (Å²) in [4.78, 5) is 12.8. The molecule has 0 spiro atoms. The van der Waals surface area contributed by atoms with Crippen LogP contribution in [0.4, 0.5) is 0 Å². The molecule has 1 aliphatic carbocycles. The molecule has 0 amide bonds. The van der Waals surface area contributed by atoms with Crippen molar-refractivity contribution in [2.75, 3.05) is 7.05 Å². The summed E-state index contributed by atoms with van der Waals surface area (Å²) in [5.74, 6) is 0. The molecule has 0 aliphatic heterocycles. The molecule has 1 aromatic heterocycles. The zero-order valence-electron chi connectivity index (χ0n) is 14.4. The molecular formula is C20H26N2O. The van der Waals surface area contributed by atoms with Crippen molar-refractivity contribution in [2.45, 2.75) is 52.1 Å². The van der Waals surface area contributed by atoms with Crippen LogP contribution < -0.4 is 10.9 Å². The first-order valence-electron chi connectivity index (χ1n) is 8.63. The fourth-order valence-corrected chi connectivity index (χ4v) is 3.56. The molecule has 1 aromatic carbocycles. The molecule has 0 bridgehead atoms. The Bertz CT molecular complexity index is 759. The molecule has 3 nitrogen and oxygen atoms in total. The smallest absolute Gasteiger partial charge is 0.255 e. The van der Waals surface area contributed by atoms with Crippen LogP contribution in [-0.2, 0) is 19.4 Å². The van der Waals surface area contributed by atoms with E-state index in [0.29, 0.717) is 6.54 Å². The van der Waals surface area contributed by atoms with E-state index in [-0.39, 0.29) is 11.6 Å². The number of aromatic nitrogens is 1. The monoisotopic (exact) mass is 310 g/mol. The molecule has 0 saturated carbocycles. The van der Waals surface area contributed by atoms with Gasteiger partial charge in [-0.15, -0.1) is 0 Å². The number of hydrogen-bond donors (Lipinski definition) is 1. The fraction of sp³-hybridized carbons (Fsp3) is 0.450. The van der Waals surface area contributed by atoms with Crippen LogP contribution in [-0.4, -0.2) is 11.6 Å². The molecule has 0 fully saturated rings. The average Bonchev–Trinajstić information content (AvgIpc) is 2.56. The summed E-state index contributed by atoms with van der Waals surface area (Å²) in [6.45, 7) is 4.76. The lowest BCUT2D eigenvalue weighted by Crippen LogP contribution is -2.28. The number of aryl methyl sites for hydroxylation is 2. The SMILES string of the molecule is CNCc1ccc(-c2ccc3c(c2)CCCC3)n(C(C)C)c1=O. The Morgan fingerprint density at radius 1 is 1.09 bits per heavy atom. The summed E-state index contributed by atoms with van der Waals surface area (Å²) in [6.07, 6.45) is 4.91. The third-order valence-corrected chi connectivity index (χ3v) is 4.72. The van der Waals surface area contributed by atoms with E-state index in [4.69, 9.17) is 0 Å². The molecule has 0 unspecified atom stereocenters. The lowest BCUT2D eigenvalue weighted by molar-refractivity contribution is 0.577. The van der Waals surface area contributed by atoms with Crippen molar-refractivity contribution in [3.63, 3.8) is 0 Å². The van der Waals surface area contributed by atoms with E-state index >= 15 is 0 Å². The average molecular weight is 310 g/mol. The zero-order valence-corrected chi connectivity index (χ0v) is 14.4. The molecule has 1 aliphatic rings. The molecule has 0 saturated heterocycles. The summed E-state index contributed by atoms with van der Waals surface area (Å²) in [5, 5.41) is 3.08. The van der Waals surface area contributed by atoms with Crippen molar-refractivity contribution in [2.24, 2.45) is 0 Å². The van der Waals surface area contributed by atoms with Gasteiger partial charge in [-0.2, -0.15) is 0 Å². The van der Waals surface area contributed by atoms with Crippen molar-refractivity contribution in [3.8, 4) is 11.3 Å². The van der Waals surface area contributed by atoms with Crippen LogP contribution in [0.3, 0.4) is 0 Å². The molecule has 23 heavy (non-hydrogen) atoms. The van der Waals surface area contributed by atoms with Crippen molar-refractivity contribution in [3.05, 3.63) is 57.4 Å². The Labute approximate surface area is 138 Å². The van der Waals surface area contributed by atoms with E-state index in [1.54, 1.807) is 0 Å². The molecule has 3 heteroatoms. The number of nitrogens with zero attached hydrogens (tertiary/aromatic N) is 1. The van der Waals surface area contributed by atoms with Crippen LogP contribution in [0.15, 0.2) is 35.1 Å². The Kier molecular flexibility index (Phi) is 4.67. The van der Waals surface area contributed by atoms with Gasteiger partial charge in [-0.1, -0.05) is 18.2 Å². The minimum Gasteiger partial charge on any atom is -0.315 e. The number of nitrogens with one attached hydrogen (secondary N) is 1. The van der Waals surface area contributed by atoms with Gasteiger partial charge >= 0.3 is 0 Å². The molecule has 2 aromatic rings. The third kappa shape index (κ3) is 3.11. The first-order valence-corrected chi connectivity index (χ1v) is 8.63. The number of benzene rings is 1. The second-order valence-electron chi connectivity index (χ2n) is 6.73. The van der Waals surface area contributed by atoms with Gasteiger partial charge in [0.1, 0.15) is 0 Å². The minimum absolute atomic E-state index is 0.115. The van der Waals surface area contributed by atoms with Gasteiger partial charge in [-0.25, -0.2) is 0 Å². The highest BCUT2D eigenvalue weighted by Crippen LogP contribution is 2.28. The maximum absolute atomic E-state index is 12.8. The number of fused-ring (bicyclic) bond motifs is 1. The predicted molar refractivity (Wildman–Crippen MR) is 95.9 cm³/mol. The van der Waals surface area contributed by atoms with E-state index < -0.39 is 0 Å². The number of rotatable bonds is 4. The van der Waals surface area contributed by atoms with Gasteiger partial charge < -0.3 is 9.88 Å². The largest absolute Gasteiger partial charge is 0.315 e. The summed E-state index contributed by atoms with van der Waals surface area (Å²) in [7, 11) is 1.87. The highest BCUT2D eigenvalue weighted by atomic mass is 16.1. The number of hydrogen-bond acceptors (Lipinski definition) is 2. The lowest BCUT2D eigenvalue weighted by atomic mass is 9.89. The molecule has 3 rings (SSSR count). The molecule has 122 valence electrons. The van der Waals surface area contributed by atoms with Gasteiger partial charge in [0, 0.05) is 18.2 Å². The molecule has 1 heterocycles. The normalized spacial score (nSPS) is 14.1. The van der Waals surface area contributed by atoms with Gasteiger partial charge in [0.15, 0.2) is 0 Å². The van der Waals surface area contributed by atoms with Crippen LogP contribution in [0.25, 0.3) is 11.3 Å². The van der Waals surface area contributed by atoms with Crippen molar-refractivity contribution < 1.29 is 0 Å². The molecule has 0 atom stereocenters. The summed E-state index contributed by atoms with van der Waals surface area (Å²) >= 11 is 0. The van der Waals surface area contributed by atoms with Gasteiger partial charge in [0.2, 0.25) is 0 Å². The van der Waals surface area contributed by atoms with Crippen LogP contribution in [0.1, 0.15) is 49.4 Å².